The van der Waals surface area contributed by atoms with E-state index in [1.54, 1.807) is 0 Å². The minimum absolute atomic E-state index is 0.391. The molecule has 1 heteroatoms. The highest BCUT2D eigenvalue weighted by atomic mass is 14.9. The highest BCUT2D eigenvalue weighted by Crippen LogP contribution is 2.26. The Bertz CT molecular complexity index is 142. The quantitative estimate of drug-likeness (QED) is 0.667. The lowest BCUT2D eigenvalue weighted by molar-refractivity contribution is 0.240. The second-order valence-electron chi connectivity index (χ2n) is 5.74. The molecule has 0 aromatic rings. The summed E-state index contributed by atoms with van der Waals surface area (Å²) in [6.45, 7) is 14.9. The first-order valence-electron chi connectivity index (χ1n) is 6.69. The summed E-state index contributed by atoms with van der Waals surface area (Å²) in [5, 5.41) is 3.63. The number of hydrogen-bond donors (Lipinski definition) is 1. The Balaban J connectivity index is 4.06. The van der Waals surface area contributed by atoms with Gasteiger partial charge in [0.25, 0.3) is 0 Å². The molecule has 0 aliphatic rings. The summed E-state index contributed by atoms with van der Waals surface area (Å²) in [5.74, 6) is 0.925. The normalized spacial score (nSPS) is 14.6. The molecule has 0 amide bonds. The molecule has 1 atom stereocenters. The van der Waals surface area contributed by atoms with E-state index in [1.807, 2.05) is 0 Å². The summed E-state index contributed by atoms with van der Waals surface area (Å²) >= 11 is 0. The van der Waals surface area contributed by atoms with E-state index in [9.17, 15) is 0 Å². The average molecular weight is 213 g/mol. The second kappa shape index (κ2) is 7.27. The van der Waals surface area contributed by atoms with E-state index in [-0.39, 0.29) is 0 Å². The number of rotatable bonds is 7. The molecular formula is C14H31N. The lowest BCUT2D eigenvalue weighted by Gasteiger charge is -2.32. The zero-order chi connectivity index (χ0) is 11.9. The van der Waals surface area contributed by atoms with E-state index in [1.165, 1.54) is 25.7 Å². The van der Waals surface area contributed by atoms with Crippen LogP contribution < -0.4 is 5.32 Å². The van der Waals surface area contributed by atoms with Gasteiger partial charge in [-0.1, -0.05) is 54.4 Å². The molecule has 0 aromatic heterocycles. The zero-order valence-corrected chi connectivity index (χ0v) is 11.7. The molecule has 92 valence electrons. The van der Waals surface area contributed by atoms with Crippen LogP contribution in [0.5, 0.6) is 0 Å². The van der Waals surface area contributed by atoms with Gasteiger partial charge in [0, 0.05) is 6.04 Å². The van der Waals surface area contributed by atoms with E-state index < -0.39 is 0 Å². The molecule has 0 aliphatic heterocycles. The minimum atomic E-state index is 0.391. The fourth-order valence-corrected chi connectivity index (χ4v) is 2.19. The first-order chi connectivity index (χ1) is 6.95. The van der Waals surface area contributed by atoms with Crippen LogP contribution in [0.2, 0.25) is 0 Å². The third kappa shape index (κ3) is 6.19. The standard InChI is InChI=1S/C14H31N/c1-7-12(8-2)10-11-13(15-9-3)14(4,5)6/h12-13,15H,7-11H2,1-6H3. The predicted octanol–water partition coefficient (Wildman–Crippen LogP) is 4.23. The Kier molecular flexibility index (Phi) is 7.25. The first kappa shape index (κ1) is 15.0. The third-order valence-electron chi connectivity index (χ3n) is 3.51. The lowest BCUT2D eigenvalue weighted by Crippen LogP contribution is -2.40. The molecule has 0 spiro atoms. The van der Waals surface area contributed by atoms with Crippen LogP contribution >= 0.6 is 0 Å². The Morgan fingerprint density at radius 2 is 1.47 bits per heavy atom. The average Bonchev–Trinajstić information content (AvgIpc) is 2.16. The minimum Gasteiger partial charge on any atom is -0.314 e. The summed E-state index contributed by atoms with van der Waals surface area (Å²) in [5.41, 5.74) is 0.391. The summed E-state index contributed by atoms with van der Waals surface area (Å²) in [6, 6.07) is 0.670. The first-order valence-corrected chi connectivity index (χ1v) is 6.69. The summed E-state index contributed by atoms with van der Waals surface area (Å²) < 4.78 is 0. The largest absolute Gasteiger partial charge is 0.314 e. The summed E-state index contributed by atoms with van der Waals surface area (Å²) in [4.78, 5) is 0. The van der Waals surface area contributed by atoms with Gasteiger partial charge in [-0.05, 0) is 30.7 Å². The lowest BCUT2D eigenvalue weighted by atomic mass is 9.82. The van der Waals surface area contributed by atoms with E-state index in [4.69, 9.17) is 0 Å². The SMILES string of the molecule is CCNC(CCC(CC)CC)C(C)(C)C. The van der Waals surface area contributed by atoms with Gasteiger partial charge in [-0.15, -0.1) is 0 Å². The molecule has 0 bridgehead atoms. The summed E-state index contributed by atoms with van der Waals surface area (Å²) in [7, 11) is 0. The smallest absolute Gasteiger partial charge is 0.0116 e. The van der Waals surface area contributed by atoms with Gasteiger partial charge in [-0.3, -0.25) is 0 Å². The molecule has 1 unspecified atom stereocenters. The van der Waals surface area contributed by atoms with E-state index in [2.05, 4.69) is 46.9 Å². The molecule has 1 nitrogen and oxygen atoms in total. The molecular weight excluding hydrogens is 182 g/mol. The maximum absolute atomic E-state index is 3.63. The number of hydrogen-bond acceptors (Lipinski definition) is 1. The van der Waals surface area contributed by atoms with Crippen LogP contribution in [0.1, 0.15) is 67.2 Å². The van der Waals surface area contributed by atoms with Gasteiger partial charge >= 0.3 is 0 Å². The van der Waals surface area contributed by atoms with E-state index in [0.29, 0.717) is 11.5 Å². The van der Waals surface area contributed by atoms with Crippen molar-refractivity contribution >= 4 is 0 Å². The Morgan fingerprint density at radius 1 is 0.933 bits per heavy atom. The van der Waals surface area contributed by atoms with Crippen molar-refractivity contribution in [3.63, 3.8) is 0 Å². The van der Waals surface area contributed by atoms with Crippen molar-refractivity contribution in [2.24, 2.45) is 11.3 Å². The van der Waals surface area contributed by atoms with Crippen molar-refractivity contribution < 1.29 is 0 Å². The molecule has 0 saturated carbocycles. The highest BCUT2D eigenvalue weighted by Gasteiger charge is 2.23. The maximum atomic E-state index is 3.63. The van der Waals surface area contributed by atoms with Crippen LogP contribution in [0.4, 0.5) is 0 Å². The van der Waals surface area contributed by atoms with Crippen molar-refractivity contribution in [1.82, 2.24) is 5.32 Å². The molecule has 0 fully saturated rings. The van der Waals surface area contributed by atoms with Gasteiger partial charge < -0.3 is 5.32 Å². The van der Waals surface area contributed by atoms with Crippen LogP contribution in [0.3, 0.4) is 0 Å². The fraction of sp³-hybridized carbons (Fsp3) is 1.00. The van der Waals surface area contributed by atoms with Gasteiger partial charge in [0.2, 0.25) is 0 Å². The monoisotopic (exact) mass is 213 g/mol. The molecule has 0 heterocycles. The van der Waals surface area contributed by atoms with Crippen LogP contribution in [0.25, 0.3) is 0 Å². The van der Waals surface area contributed by atoms with Crippen molar-refractivity contribution in [2.75, 3.05) is 6.54 Å². The maximum Gasteiger partial charge on any atom is 0.0116 e. The van der Waals surface area contributed by atoms with Crippen molar-refractivity contribution in [3.8, 4) is 0 Å². The van der Waals surface area contributed by atoms with Crippen LogP contribution in [0.15, 0.2) is 0 Å². The fourth-order valence-electron chi connectivity index (χ4n) is 2.19. The molecule has 0 radical (unpaired) electrons. The zero-order valence-electron chi connectivity index (χ0n) is 11.7. The molecule has 0 saturated heterocycles. The number of nitrogens with one attached hydrogen (secondary N) is 1. The third-order valence-corrected chi connectivity index (χ3v) is 3.51. The van der Waals surface area contributed by atoms with Gasteiger partial charge in [-0.25, -0.2) is 0 Å². The molecule has 1 N–H and O–H groups in total. The second-order valence-corrected chi connectivity index (χ2v) is 5.74. The Hall–Kier alpha value is -0.0400. The molecule has 15 heavy (non-hydrogen) atoms. The van der Waals surface area contributed by atoms with Crippen molar-refractivity contribution in [1.29, 1.82) is 0 Å². The molecule has 0 aliphatic carbocycles. The van der Waals surface area contributed by atoms with Gasteiger partial charge in [0.15, 0.2) is 0 Å². The van der Waals surface area contributed by atoms with E-state index >= 15 is 0 Å². The Morgan fingerprint density at radius 3 is 1.80 bits per heavy atom. The predicted molar refractivity (Wildman–Crippen MR) is 70.2 cm³/mol. The summed E-state index contributed by atoms with van der Waals surface area (Å²) in [6.07, 6.45) is 5.37. The van der Waals surface area contributed by atoms with Crippen molar-refractivity contribution in [3.05, 3.63) is 0 Å². The topological polar surface area (TPSA) is 12.0 Å². The van der Waals surface area contributed by atoms with Gasteiger partial charge in [0.1, 0.15) is 0 Å². The highest BCUT2D eigenvalue weighted by molar-refractivity contribution is 4.80. The van der Waals surface area contributed by atoms with Crippen LogP contribution in [0, 0.1) is 11.3 Å². The van der Waals surface area contributed by atoms with Crippen LogP contribution in [-0.2, 0) is 0 Å². The van der Waals surface area contributed by atoms with Crippen LogP contribution in [-0.4, -0.2) is 12.6 Å². The molecule has 0 aromatic carbocycles. The van der Waals surface area contributed by atoms with Gasteiger partial charge in [-0.2, -0.15) is 0 Å². The Labute approximate surface area is 97.0 Å². The van der Waals surface area contributed by atoms with Gasteiger partial charge in [0.05, 0.1) is 0 Å². The molecule has 0 rings (SSSR count). The van der Waals surface area contributed by atoms with E-state index in [0.717, 1.165) is 12.5 Å². The van der Waals surface area contributed by atoms with Crippen molar-refractivity contribution in [2.45, 2.75) is 73.3 Å².